The minimum absolute atomic E-state index is 0.707. The van der Waals surface area contributed by atoms with E-state index in [9.17, 15) is 0 Å². The number of hydrogen-bond donors (Lipinski definition) is 0. The van der Waals surface area contributed by atoms with E-state index < -0.39 is 0 Å². The lowest BCUT2D eigenvalue weighted by atomic mass is 10.0. The maximum atomic E-state index is 5.01. The van der Waals surface area contributed by atoms with Crippen LogP contribution in [0, 0.1) is 5.92 Å². The highest BCUT2D eigenvalue weighted by molar-refractivity contribution is 4.97. The third-order valence-corrected chi connectivity index (χ3v) is 2.69. The lowest BCUT2D eigenvalue weighted by Crippen LogP contribution is -2.18. The molecule has 1 aliphatic rings. The summed E-state index contributed by atoms with van der Waals surface area (Å²) in [4.78, 5) is 4.51. The SMILES string of the molecule is COCCc1nc2n(n1)CCC(C)C2. The summed E-state index contributed by atoms with van der Waals surface area (Å²) >= 11 is 0. The average molecular weight is 195 g/mol. The molecular formula is C10H17N3O. The van der Waals surface area contributed by atoms with Crippen molar-refractivity contribution in [1.82, 2.24) is 14.8 Å². The number of methoxy groups -OCH3 is 1. The van der Waals surface area contributed by atoms with Crippen LogP contribution in [0.1, 0.15) is 25.0 Å². The van der Waals surface area contributed by atoms with Gasteiger partial charge in [0, 0.05) is 26.5 Å². The van der Waals surface area contributed by atoms with Crippen molar-refractivity contribution in [3.8, 4) is 0 Å². The second-order valence-electron chi connectivity index (χ2n) is 4.01. The lowest BCUT2D eigenvalue weighted by Gasteiger charge is -2.17. The maximum absolute atomic E-state index is 5.01. The van der Waals surface area contributed by atoms with E-state index in [4.69, 9.17) is 4.74 Å². The van der Waals surface area contributed by atoms with Gasteiger partial charge < -0.3 is 4.74 Å². The fourth-order valence-electron chi connectivity index (χ4n) is 1.81. The summed E-state index contributed by atoms with van der Waals surface area (Å²) in [5.41, 5.74) is 0. The van der Waals surface area contributed by atoms with Gasteiger partial charge in [-0.05, 0) is 12.3 Å². The van der Waals surface area contributed by atoms with Gasteiger partial charge in [0.2, 0.25) is 0 Å². The zero-order valence-corrected chi connectivity index (χ0v) is 8.86. The van der Waals surface area contributed by atoms with Gasteiger partial charge in [0.15, 0.2) is 5.82 Å². The van der Waals surface area contributed by atoms with Crippen LogP contribution in [0.3, 0.4) is 0 Å². The molecule has 0 aromatic carbocycles. The van der Waals surface area contributed by atoms with Crippen molar-refractivity contribution in [3.05, 3.63) is 11.6 Å². The predicted molar refractivity (Wildman–Crippen MR) is 53.1 cm³/mol. The number of aromatic nitrogens is 3. The molecule has 0 N–H and O–H groups in total. The standard InChI is InChI=1S/C10H17N3O/c1-8-3-5-13-10(7-8)11-9(12-13)4-6-14-2/h8H,3-7H2,1-2H3. The van der Waals surface area contributed by atoms with Gasteiger partial charge in [-0.15, -0.1) is 0 Å². The van der Waals surface area contributed by atoms with Gasteiger partial charge in [0.1, 0.15) is 5.82 Å². The molecule has 1 aliphatic heterocycles. The molecule has 14 heavy (non-hydrogen) atoms. The number of hydrogen-bond acceptors (Lipinski definition) is 3. The summed E-state index contributed by atoms with van der Waals surface area (Å²) in [6.07, 6.45) is 3.12. The molecular weight excluding hydrogens is 178 g/mol. The monoisotopic (exact) mass is 195 g/mol. The fourth-order valence-corrected chi connectivity index (χ4v) is 1.81. The fraction of sp³-hybridized carbons (Fsp3) is 0.800. The van der Waals surface area contributed by atoms with E-state index in [-0.39, 0.29) is 0 Å². The third kappa shape index (κ3) is 1.95. The molecule has 0 bridgehead atoms. The van der Waals surface area contributed by atoms with Crippen molar-refractivity contribution >= 4 is 0 Å². The van der Waals surface area contributed by atoms with Crippen LogP contribution in [0.15, 0.2) is 0 Å². The molecule has 0 aliphatic carbocycles. The van der Waals surface area contributed by atoms with Gasteiger partial charge in [-0.3, -0.25) is 0 Å². The first-order valence-corrected chi connectivity index (χ1v) is 5.21. The molecule has 1 aromatic rings. The normalized spacial score (nSPS) is 20.9. The highest BCUT2D eigenvalue weighted by atomic mass is 16.5. The molecule has 0 radical (unpaired) electrons. The third-order valence-electron chi connectivity index (χ3n) is 2.69. The second-order valence-corrected chi connectivity index (χ2v) is 4.01. The van der Waals surface area contributed by atoms with Crippen LogP contribution in [0.4, 0.5) is 0 Å². The van der Waals surface area contributed by atoms with E-state index in [1.165, 1.54) is 6.42 Å². The summed E-state index contributed by atoms with van der Waals surface area (Å²) in [5.74, 6) is 2.83. The smallest absolute Gasteiger partial charge is 0.153 e. The Bertz CT molecular complexity index is 308. The number of nitrogens with zero attached hydrogens (tertiary/aromatic N) is 3. The van der Waals surface area contributed by atoms with Crippen molar-refractivity contribution in [2.45, 2.75) is 32.7 Å². The molecule has 0 fully saturated rings. The number of aryl methyl sites for hydroxylation is 1. The topological polar surface area (TPSA) is 39.9 Å². The zero-order chi connectivity index (χ0) is 9.97. The van der Waals surface area contributed by atoms with E-state index in [0.717, 1.165) is 37.0 Å². The van der Waals surface area contributed by atoms with Gasteiger partial charge >= 0.3 is 0 Å². The van der Waals surface area contributed by atoms with Crippen LogP contribution in [0.25, 0.3) is 0 Å². The van der Waals surface area contributed by atoms with Crippen molar-refractivity contribution in [3.63, 3.8) is 0 Å². The highest BCUT2D eigenvalue weighted by Gasteiger charge is 2.18. The summed E-state index contributed by atoms with van der Waals surface area (Å²) in [6.45, 7) is 4.00. The van der Waals surface area contributed by atoms with Gasteiger partial charge in [-0.25, -0.2) is 9.67 Å². The minimum Gasteiger partial charge on any atom is -0.384 e. The van der Waals surface area contributed by atoms with E-state index in [1.807, 2.05) is 4.68 Å². The Hall–Kier alpha value is -0.900. The average Bonchev–Trinajstić information content (AvgIpc) is 2.56. The Balaban J connectivity index is 2.07. The largest absolute Gasteiger partial charge is 0.384 e. The maximum Gasteiger partial charge on any atom is 0.153 e. The Morgan fingerprint density at radius 1 is 1.57 bits per heavy atom. The summed E-state index contributed by atoms with van der Waals surface area (Å²) in [7, 11) is 1.71. The molecule has 4 heteroatoms. The quantitative estimate of drug-likeness (QED) is 0.723. The van der Waals surface area contributed by atoms with Crippen LogP contribution in [-0.2, 0) is 24.1 Å². The first-order valence-electron chi connectivity index (χ1n) is 5.21. The van der Waals surface area contributed by atoms with E-state index >= 15 is 0 Å². The van der Waals surface area contributed by atoms with Crippen LogP contribution >= 0.6 is 0 Å². The molecule has 1 unspecified atom stereocenters. The van der Waals surface area contributed by atoms with Crippen molar-refractivity contribution < 1.29 is 4.74 Å². The van der Waals surface area contributed by atoms with Crippen molar-refractivity contribution in [2.24, 2.45) is 5.92 Å². The first kappa shape index (κ1) is 9.65. The first-order chi connectivity index (χ1) is 6.79. The van der Waals surface area contributed by atoms with Crippen LogP contribution in [-0.4, -0.2) is 28.5 Å². The second kappa shape index (κ2) is 4.09. The lowest BCUT2D eigenvalue weighted by molar-refractivity contribution is 0.200. The summed E-state index contributed by atoms with van der Waals surface area (Å²) in [6, 6.07) is 0. The molecule has 0 amide bonds. The van der Waals surface area contributed by atoms with Gasteiger partial charge in [0.25, 0.3) is 0 Å². The van der Waals surface area contributed by atoms with Gasteiger partial charge in [0.05, 0.1) is 6.61 Å². The van der Waals surface area contributed by atoms with Crippen LogP contribution < -0.4 is 0 Å². The molecule has 78 valence electrons. The molecule has 2 rings (SSSR count). The number of fused-ring (bicyclic) bond motifs is 1. The number of ether oxygens (including phenoxy) is 1. The Morgan fingerprint density at radius 2 is 2.43 bits per heavy atom. The molecule has 1 atom stereocenters. The summed E-state index contributed by atoms with van der Waals surface area (Å²) < 4.78 is 7.06. The Morgan fingerprint density at radius 3 is 3.21 bits per heavy atom. The number of rotatable bonds is 3. The van der Waals surface area contributed by atoms with Crippen LogP contribution in [0.5, 0.6) is 0 Å². The minimum atomic E-state index is 0.707. The van der Waals surface area contributed by atoms with E-state index in [2.05, 4.69) is 17.0 Å². The van der Waals surface area contributed by atoms with E-state index in [0.29, 0.717) is 6.61 Å². The molecule has 2 heterocycles. The Kier molecular flexibility index (Phi) is 2.82. The highest BCUT2D eigenvalue weighted by Crippen LogP contribution is 2.17. The molecule has 1 aromatic heterocycles. The zero-order valence-electron chi connectivity index (χ0n) is 8.86. The van der Waals surface area contributed by atoms with E-state index in [1.54, 1.807) is 7.11 Å². The molecule has 0 saturated carbocycles. The van der Waals surface area contributed by atoms with Crippen molar-refractivity contribution in [1.29, 1.82) is 0 Å². The van der Waals surface area contributed by atoms with Crippen molar-refractivity contribution in [2.75, 3.05) is 13.7 Å². The predicted octanol–water partition coefficient (Wildman–Crippen LogP) is 1.05. The molecule has 0 spiro atoms. The summed E-state index contributed by atoms with van der Waals surface area (Å²) in [5, 5.41) is 4.45. The van der Waals surface area contributed by atoms with Gasteiger partial charge in [-0.2, -0.15) is 5.10 Å². The molecule has 0 saturated heterocycles. The Labute approximate surface area is 84.3 Å². The van der Waals surface area contributed by atoms with Gasteiger partial charge in [-0.1, -0.05) is 6.92 Å². The molecule has 4 nitrogen and oxygen atoms in total. The van der Waals surface area contributed by atoms with Crippen LogP contribution in [0.2, 0.25) is 0 Å².